The molecule has 18 heavy (non-hydrogen) atoms. The van der Waals surface area contributed by atoms with Gasteiger partial charge in [-0.3, -0.25) is 0 Å². The topological polar surface area (TPSA) is 3.24 Å². The zero-order valence-corrected chi connectivity index (χ0v) is 13.7. The molecule has 0 aliphatic rings. The van der Waals surface area contributed by atoms with Crippen molar-refractivity contribution in [2.75, 3.05) is 19.6 Å². The molecule has 0 amide bonds. The van der Waals surface area contributed by atoms with Gasteiger partial charge in [-0.1, -0.05) is 69.3 Å². The fraction of sp³-hybridized carbons (Fsp3) is 0.625. The summed E-state index contributed by atoms with van der Waals surface area (Å²) < 4.78 is 0. The molecule has 102 valence electrons. The Morgan fingerprint density at radius 3 is 2.17 bits per heavy atom. The summed E-state index contributed by atoms with van der Waals surface area (Å²) in [5.74, 6) is 0. The van der Waals surface area contributed by atoms with Crippen LogP contribution in [0.2, 0.25) is 11.6 Å². The van der Waals surface area contributed by atoms with Gasteiger partial charge in [-0.25, -0.2) is 0 Å². The third kappa shape index (κ3) is 4.95. The van der Waals surface area contributed by atoms with E-state index in [1.54, 1.807) is 5.19 Å². The molecule has 0 fully saturated rings. The minimum atomic E-state index is -0.773. The summed E-state index contributed by atoms with van der Waals surface area (Å²) >= 11 is 0. The third-order valence-electron chi connectivity index (χ3n) is 3.92. The number of benzene rings is 1. The van der Waals surface area contributed by atoms with Crippen LogP contribution in [0.5, 0.6) is 0 Å². The van der Waals surface area contributed by atoms with E-state index < -0.39 is 8.80 Å². The largest absolute Gasteiger partial charge is 0.304 e. The van der Waals surface area contributed by atoms with Crippen LogP contribution in [0.4, 0.5) is 0 Å². The molecule has 1 aromatic carbocycles. The fourth-order valence-electron chi connectivity index (χ4n) is 2.66. The van der Waals surface area contributed by atoms with Crippen LogP contribution in [0.25, 0.3) is 0 Å². The van der Waals surface area contributed by atoms with Gasteiger partial charge in [0.15, 0.2) is 0 Å². The Hall–Kier alpha value is -0.603. The van der Waals surface area contributed by atoms with Crippen LogP contribution in [-0.4, -0.2) is 33.3 Å². The maximum atomic E-state index is 2.54. The standard InChI is InChI=1S/C16H29NSi/c1-5-17(6-2)13-10-14-18(15(3)4)16-11-8-7-9-12-16/h7-9,11-12,15,18H,5-6,10,13-14H2,1-4H3. The average molecular weight is 264 g/mol. The van der Waals surface area contributed by atoms with Crippen molar-refractivity contribution in [2.45, 2.75) is 45.7 Å². The normalized spacial score (nSPS) is 13.2. The molecule has 1 nitrogen and oxygen atoms in total. The Labute approximate surface area is 115 Å². The van der Waals surface area contributed by atoms with Crippen LogP contribution in [0, 0.1) is 0 Å². The van der Waals surface area contributed by atoms with Crippen LogP contribution >= 0.6 is 0 Å². The van der Waals surface area contributed by atoms with Crippen LogP contribution in [-0.2, 0) is 0 Å². The van der Waals surface area contributed by atoms with Crippen molar-refractivity contribution < 1.29 is 0 Å². The quantitative estimate of drug-likeness (QED) is 0.651. The lowest BCUT2D eigenvalue weighted by Gasteiger charge is -2.22. The highest BCUT2D eigenvalue weighted by Gasteiger charge is 2.17. The molecule has 1 unspecified atom stereocenters. The van der Waals surface area contributed by atoms with Crippen molar-refractivity contribution in [1.82, 2.24) is 4.90 Å². The molecule has 0 aromatic heterocycles. The van der Waals surface area contributed by atoms with Gasteiger partial charge >= 0.3 is 0 Å². The fourth-order valence-corrected chi connectivity index (χ4v) is 5.77. The zero-order chi connectivity index (χ0) is 13.4. The summed E-state index contributed by atoms with van der Waals surface area (Å²) in [7, 11) is -0.773. The zero-order valence-electron chi connectivity index (χ0n) is 12.5. The van der Waals surface area contributed by atoms with E-state index in [-0.39, 0.29) is 0 Å². The van der Waals surface area contributed by atoms with Gasteiger partial charge in [0.25, 0.3) is 0 Å². The summed E-state index contributed by atoms with van der Waals surface area (Å²) in [5.41, 5.74) is 0.865. The molecule has 0 bridgehead atoms. The SMILES string of the molecule is CCN(CC)CCC[SiH](c1ccccc1)C(C)C. The summed E-state index contributed by atoms with van der Waals surface area (Å²) in [6, 6.07) is 12.6. The summed E-state index contributed by atoms with van der Waals surface area (Å²) in [6.07, 6.45) is 1.37. The highest BCUT2D eigenvalue weighted by molar-refractivity contribution is 6.74. The van der Waals surface area contributed by atoms with Crippen molar-refractivity contribution in [3.05, 3.63) is 30.3 Å². The Balaban J connectivity index is 2.50. The second kappa shape index (κ2) is 8.49. The van der Waals surface area contributed by atoms with Gasteiger partial charge in [0.1, 0.15) is 0 Å². The monoisotopic (exact) mass is 263 g/mol. The molecular weight excluding hydrogens is 234 g/mol. The maximum absolute atomic E-state index is 2.54. The molecule has 0 aliphatic carbocycles. The first-order valence-electron chi connectivity index (χ1n) is 7.46. The molecule has 1 rings (SSSR count). The van der Waals surface area contributed by atoms with Crippen LogP contribution < -0.4 is 5.19 Å². The van der Waals surface area contributed by atoms with Crippen molar-refractivity contribution in [3.8, 4) is 0 Å². The Morgan fingerprint density at radius 1 is 1.06 bits per heavy atom. The van der Waals surface area contributed by atoms with Crippen molar-refractivity contribution >= 4 is 14.0 Å². The molecule has 2 heteroatoms. The minimum absolute atomic E-state index is 0.773. The first-order valence-corrected chi connectivity index (χ1v) is 9.52. The number of hydrogen-bond donors (Lipinski definition) is 0. The highest BCUT2D eigenvalue weighted by Crippen LogP contribution is 2.14. The molecule has 0 radical (unpaired) electrons. The van der Waals surface area contributed by atoms with E-state index in [0.29, 0.717) is 0 Å². The summed E-state index contributed by atoms with van der Waals surface area (Å²) in [5, 5.41) is 1.65. The van der Waals surface area contributed by atoms with Crippen molar-refractivity contribution in [2.24, 2.45) is 0 Å². The lowest BCUT2D eigenvalue weighted by Crippen LogP contribution is -2.34. The molecule has 0 saturated heterocycles. The van der Waals surface area contributed by atoms with Gasteiger partial charge in [-0.2, -0.15) is 0 Å². The molecule has 1 atom stereocenters. The van der Waals surface area contributed by atoms with Gasteiger partial charge in [0.05, 0.1) is 8.80 Å². The van der Waals surface area contributed by atoms with E-state index in [0.717, 1.165) is 5.54 Å². The Morgan fingerprint density at radius 2 is 1.67 bits per heavy atom. The first-order chi connectivity index (χ1) is 8.69. The van der Waals surface area contributed by atoms with Gasteiger partial charge in [0.2, 0.25) is 0 Å². The van der Waals surface area contributed by atoms with Crippen LogP contribution in [0.3, 0.4) is 0 Å². The van der Waals surface area contributed by atoms with Crippen molar-refractivity contribution in [3.63, 3.8) is 0 Å². The van der Waals surface area contributed by atoms with Gasteiger partial charge in [-0.15, -0.1) is 0 Å². The summed E-state index contributed by atoms with van der Waals surface area (Å²) in [6.45, 7) is 13.0. The molecule has 0 spiro atoms. The first kappa shape index (κ1) is 15.5. The average Bonchev–Trinajstić information content (AvgIpc) is 2.39. The Bertz CT molecular complexity index is 306. The van der Waals surface area contributed by atoms with E-state index >= 15 is 0 Å². The second-order valence-electron chi connectivity index (χ2n) is 5.43. The van der Waals surface area contributed by atoms with Gasteiger partial charge < -0.3 is 4.90 Å². The van der Waals surface area contributed by atoms with E-state index in [1.807, 2.05) is 0 Å². The van der Waals surface area contributed by atoms with E-state index in [1.165, 1.54) is 32.1 Å². The number of rotatable bonds is 8. The molecule has 0 N–H and O–H groups in total. The molecule has 0 aliphatic heterocycles. The third-order valence-corrected chi connectivity index (χ3v) is 7.80. The minimum Gasteiger partial charge on any atom is -0.304 e. The smallest absolute Gasteiger partial charge is 0.0733 e. The van der Waals surface area contributed by atoms with Crippen LogP contribution in [0.15, 0.2) is 30.3 Å². The van der Waals surface area contributed by atoms with E-state index in [4.69, 9.17) is 0 Å². The molecule has 0 saturated carbocycles. The maximum Gasteiger partial charge on any atom is 0.0733 e. The predicted molar refractivity (Wildman–Crippen MR) is 85.5 cm³/mol. The predicted octanol–water partition coefficient (Wildman–Crippen LogP) is 3.26. The highest BCUT2D eigenvalue weighted by atomic mass is 28.3. The Kier molecular flexibility index (Phi) is 7.29. The second-order valence-corrected chi connectivity index (χ2v) is 9.22. The molecule has 1 aromatic rings. The van der Waals surface area contributed by atoms with Crippen molar-refractivity contribution in [1.29, 1.82) is 0 Å². The van der Waals surface area contributed by atoms with E-state index in [2.05, 4.69) is 62.9 Å². The van der Waals surface area contributed by atoms with Gasteiger partial charge in [0, 0.05) is 0 Å². The molecule has 0 heterocycles. The number of nitrogens with zero attached hydrogens (tertiary/aromatic N) is 1. The van der Waals surface area contributed by atoms with E-state index in [9.17, 15) is 0 Å². The number of hydrogen-bond acceptors (Lipinski definition) is 1. The lowest BCUT2D eigenvalue weighted by molar-refractivity contribution is 0.304. The van der Waals surface area contributed by atoms with Gasteiger partial charge in [-0.05, 0) is 31.6 Å². The molecular formula is C16H29NSi. The van der Waals surface area contributed by atoms with Crippen LogP contribution in [0.1, 0.15) is 34.1 Å². The summed E-state index contributed by atoms with van der Waals surface area (Å²) in [4.78, 5) is 2.54. The lowest BCUT2D eigenvalue weighted by atomic mass is 10.4.